The number of ether oxygens (including phenoxy) is 1. The van der Waals surface area contributed by atoms with E-state index in [1.807, 2.05) is 6.07 Å². The summed E-state index contributed by atoms with van der Waals surface area (Å²) in [6, 6.07) is 8.80. The van der Waals surface area contributed by atoms with Gasteiger partial charge in [0, 0.05) is 5.92 Å². The molecule has 3 nitrogen and oxygen atoms in total. The largest absolute Gasteiger partial charge is 0.427 e. The van der Waals surface area contributed by atoms with Crippen molar-refractivity contribution in [1.29, 1.82) is 0 Å². The van der Waals surface area contributed by atoms with Crippen LogP contribution in [-0.2, 0) is 9.59 Å². The van der Waals surface area contributed by atoms with E-state index in [9.17, 15) is 9.59 Å². The maximum Gasteiger partial charge on any atom is 0.311 e. The van der Waals surface area contributed by atoms with Crippen LogP contribution in [0.5, 0.6) is 5.75 Å². The molecule has 14 heavy (non-hydrogen) atoms. The molecule has 0 saturated carbocycles. The van der Waals surface area contributed by atoms with Crippen molar-refractivity contribution in [1.82, 2.24) is 0 Å². The van der Waals surface area contributed by atoms with Crippen LogP contribution >= 0.6 is 0 Å². The van der Waals surface area contributed by atoms with E-state index in [0.29, 0.717) is 5.75 Å². The second kappa shape index (κ2) is 5.17. The summed E-state index contributed by atoms with van der Waals surface area (Å²) in [5.74, 6) is -0.155. The summed E-state index contributed by atoms with van der Waals surface area (Å²) in [7, 11) is 0. The zero-order valence-corrected chi connectivity index (χ0v) is 7.97. The molecule has 1 atom stereocenters. The summed E-state index contributed by atoms with van der Waals surface area (Å²) in [6.07, 6.45) is 0.866. The monoisotopic (exact) mass is 192 g/mol. The van der Waals surface area contributed by atoms with Gasteiger partial charge in [-0.05, 0) is 12.1 Å². The standard InChI is InChI=1S/C11H12O3/c1-9(8-12)7-11(13)14-10-5-3-2-4-6-10/h2-6,8-9H,7H2,1H3. The molecule has 0 N–H and O–H groups in total. The number of aldehydes is 1. The molecule has 0 spiro atoms. The third-order valence-electron chi connectivity index (χ3n) is 1.70. The SMILES string of the molecule is CC(C=O)CC(=O)Oc1ccccc1. The van der Waals surface area contributed by atoms with Crippen molar-refractivity contribution >= 4 is 12.3 Å². The lowest BCUT2D eigenvalue weighted by molar-refractivity contribution is -0.136. The fourth-order valence-electron chi connectivity index (χ4n) is 0.973. The molecule has 1 aromatic carbocycles. The summed E-state index contributed by atoms with van der Waals surface area (Å²) >= 11 is 0. The quantitative estimate of drug-likeness (QED) is 0.415. The van der Waals surface area contributed by atoms with Crippen molar-refractivity contribution in [3.8, 4) is 5.75 Å². The third-order valence-corrected chi connectivity index (χ3v) is 1.70. The Kier molecular flexibility index (Phi) is 3.85. The minimum Gasteiger partial charge on any atom is -0.427 e. The lowest BCUT2D eigenvalue weighted by Gasteiger charge is -2.04. The highest BCUT2D eigenvalue weighted by molar-refractivity contribution is 5.75. The van der Waals surface area contributed by atoms with Gasteiger partial charge in [0.05, 0.1) is 6.42 Å². The number of esters is 1. The van der Waals surface area contributed by atoms with Gasteiger partial charge in [-0.1, -0.05) is 25.1 Å². The summed E-state index contributed by atoms with van der Waals surface area (Å²) in [5, 5.41) is 0. The summed E-state index contributed by atoms with van der Waals surface area (Å²) in [6.45, 7) is 1.68. The number of hydrogen-bond acceptors (Lipinski definition) is 3. The number of benzene rings is 1. The van der Waals surface area contributed by atoms with Crippen LogP contribution in [0.25, 0.3) is 0 Å². The van der Waals surface area contributed by atoms with Gasteiger partial charge in [0.1, 0.15) is 12.0 Å². The van der Waals surface area contributed by atoms with E-state index in [0.717, 1.165) is 6.29 Å². The fourth-order valence-corrected chi connectivity index (χ4v) is 0.973. The molecule has 74 valence electrons. The highest BCUT2D eigenvalue weighted by atomic mass is 16.5. The van der Waals surface area contributed by atoms with Gasteiger partial charge in [-0.2, -0.15) is 0 Å². The van der Waals surface area contributed by atoms with E-state index in [1.165, 1.54) is 0 Å². The van der Waals surface area contributed by atoms with Crippen molar-refractivity contribution in [2.75, 3.05) is 0 Å². The first kappa shape index (κ1) is 10.4. The normalized spacial score (nSPS) is 11.8. The molecule has 0 heterocycles. The predicted octanol–water partition coefficient (Wildman–Crippen LogP) is 1.82. The summed E-state index contributed by atoms with van der Waals surface area (Å²) in [5.41, 5.74) is 0. The number of rotatable bonds is 4. The molecule has 0 aromatic heterocycles. The zero-order chi connectivity index (χ0) is 10.4. The first-order valence-corrected chi connectivity index (χ1v) is 4.43. The number of carbonyl (C=O) groups excluding carboxylic acids is 2. The molecule has 0 radical (unpaired) electrons. The average Bonchev–Trinajstić information content (AvgIpc) is 2.19. The van der Waals surface area contributed by atoms with E-state index in [2.05, 4.69) is 0 Å². The van der Waals surface area contributed by atoms with Gasteiger partial charge in [-0.25, -0.2) is 0 Å². The topological polar surface area (TPSA) is 43.4 Å². The first-order valence-electron chi connectivity index (χ1n) is 4.43. The maximum atomic E-state index is 11.2. The van der Waals surface area contributed by atoms with Crippen LogP contribution in [0.3, 0.4) is 0 Å². The minimum atomic E-state index is -0.379. The Balaban J connectivity index is 2.46. The number of hydrogen-bond donors (Lipinski definition) is 0. The van der Waals surface area contributed by atoms with Crippen molar-refractivity contribution in [2.24, 2.45) is 5.92 Å². The lowest BCUT2D eigenvalue weighted by Crippen LogP contribution is -2.12. The first-order chi connectivity index (χ1) is 6.72. The van der Waals surface area contributed by atoms with Gasteiger partial charge < -0.3 is 9.53 Å². The average molecular weight is 192 g/mol. The fraction of sp³-hybridized carbons (Fsp3) is 0.273. The molecule has 1 aromatic rings. The Hall–Kier alpha value is -1.64. The predicted molar refractivity (Wildman–Crippen MR) is 51.9 cm³/mol. The highest BCUT2D eigenvalue weighted by Gasteiger charge is 2.09. The minimum absolute atomic E-state index is 0.123. The van der Waals surface area contributed by atoms with E-state index >= 15 is 0 Å². The van der Waals surface area contributed by atoms with Gasteiger partial charge in [0.15, 0.2) is 0 Å². The molecule has 3 heteroatoms. The molecule has 0 saturated heterocycles. The van der Waals surface area contributed by atoms with Gasteiger partial charge in [-0.3, -0.25) is 4.79 Å². The summed E-state index contributed by atoms with van der Waals surface area (Å²) in [4.78, 5) is 21.5. The third kappa shape index (κ3) is 3.39. The van der Waals surface area contributed by atoms with Crippen LogP contribution in [-0.4, -0.2) is 12.3 Å². The van der Waals surface area contributed by atoms with Gasteiger partial charge >= 0.3 is 5.97 Å². The van der Waals surface area contributed by atoms with E-state index in [4.69, 9.17) is 4.74 Å². The van der Waals surface area contributed by atoms with E-state index in [-0.39, 0.29) is 18.3 Å². The van der Waals surface area contributed by atoms with E-state index in [1.54, 1.807) is 31.2 Å². The molecule has 0 aliphatic carbocycles. The van der Waals surface area contributed by atoms with Crippen LogP contribution in [0.15, 0.2) is 30.3 Å². The Bertz CT molecular complexity index is 306. The maximum absolute atomic E-state index is 11.2. The lowest BCUT2D eigenvalue weighted by atomic mass is 10.1. The molecule has 0 bridgehead atoms. The van der Waals surface area contributed by atoms with Crippen molar-refractivity contribution in [3.63, 3.8) is 0 Å². The van der Waals surface area contributed by atoms with Crippen molar-refractivity contribution in [3.05, 3.63) is 30.3 Å². The highest BCUT2D eigenvalue weighted by Crippen LogP contribution is 2.10. The Morgan fingerprint density at radius 1 is 1.43 bits per heavy atom. The van der Waals surface area contributed by atoms with E-state index < -0.39 is 0 Å². The van der Waals surface area contributed by atoms with Gasteiger partial charge in [-0.15, -0.1) is 0 Å². The van der Waals surface area contributed by atoms with Gasteiger partial charge in [0.25, 0.3) is 0 Å². The molecule has 1 unspecified atom stereocenters. The molecule has 0 aliphatic rings. The van der Waals surface area contributed by atoms with Crippen LogP contribution < -0.4 is 4.74 Å². The van der Waals surface area contributed by atoms with Crippen LogP contribution in [0.2, 0.25) is 0 Å². The molecular formula is C11H12O3. The van der Waals surface area contributed by atoms with Crippen LogP contribution in [0, 0.1) is 5.92 Å². The van der Waals surface area contributed by atoms with Crippen LogP contribution in [0.4, 0.5) is 0 Å². The van der Waals surface area contributed by atoms with Crippen LogP contribution in [0.1, 0.15) is 13.3 Å². The van der Waals surface area contributed by atoms with Gasteiger partial charge in [0.2, 0.25) is 0 Å². The molecule has 1 rings (SSSR count). The number of carbonyl (C=O) groups is 2. The second-order valence-corrected chi connectivity index (χ2v) is 3.10. The van der Waals surface area contributed by atoms with Crippen molar-refractivity contribution < 1.29 is 14.3 Å². The zero-order valence-electron chi connectivity index (χ0n) is 7.97. The molecule has 0 aliphatic heterocycles. The molecule has 0 fully saturated rings. The van der Waals surface area contributed by atoms with Crippen molar-refractivity contribution in [2.45, 2.75) is 13.3 Å². The second-order valence-electron chi connectivity index (χ2n) is 3.10. The smallest absolute Gasteiger partial charge is 0.311 e. The molecular weight excluding hydrogens is 180 g/mol. The summed E-state index contributed by atoms with van der Waals surface area (Å²) < 4.78 is 4.99. The Morgan fingerprint density at radius 2 is 2.07 bits per heavy atom. The molecule has 0 amide bonds. The Morgan fingerprint density at radius 3 is 2.64 bits per heavy atom. The Labute approximate surface area is 82.7 Å². The number of para-hydroxylation sites is 1.